The average molecular weight is 357 g/mol. The molecule has 1 aromatic rings. The van der Waals surface area contributed by atoms with Gasteiger partial charge in [-0.25, -0.2) is 0 Å². The second-order valence-corrected chi connectivity index (χ2v) is 8.11. The third kappa shape index (κ3) is 5.07. The highest BCUT2D eigenvalue weighted by atomic mass is 16.2. The molecule has 1 aromatic carbocycles. The Balaban J connectivity index is 1.45. The Morgan fingerprint density at radius 3 is 2.27 bits per heavy atom. The van der Waals surface area contributed by atoms with Gasteiger partial charge in [-0.05, 0) is 48.8 Å². The lowest BCUT2D eigenvalue weighted by atomic mass is 9.92. The minimum atomic E-state index is 0.0727. The van der Waals surface area contributed by atoms with Crippen LogP contribution >= 0.6 is 0 Å². The number of nitrogens with one attached hydrogen (secondary N) is 1. The summed E-state index contributed by atoms with van der Waals surface area (Å²) in [4.78, 5) is 28.8. The molecule has 0 aliphatic carbocycles. The van der Waals surface area contributed by atoms with E-state index >= 15 is 0 Å². The van der Waals surface area contributed by atoms with Gasteiger partial charge in [-0.15, -0.1) is 0 Å². The summed E-state index contributed by atoms with van der Waals surface area (Å²) in [5.74, 6) is 1.51. The Bertz CT molecular complexity index is 613. The van der Waals surface area contributed by atoms with Gasteiger partial charge in [-0.1, -0.05) is 26.0 Å². The summed E-state index contributed by atoms with van der Waals surface area (Å²) in [6, 6.07) is 7.62. The van der Waals surface area contributed by atoms with Crippen molar-refractivity contribution in [2.75, 3.05) is 32.7 Å². The number of likely N-dealkylation sites (tertiary alicyclic amines) is 2. The van der Waals surface area contributed by atoms with E-state index in [-0.39, 0.29) is 11.8 Å². The van der Waals surface area contributed by atoms with Crippen LogP contribution in [0.4, 0.5) is 0 Å². The van der Waals surface area contributed by atoms with Gasteiger partial charge in [-0.3, -0.25) is 14.5 Å². The first kappa shape index (κ1) is 18.9. The molecule has 2 aliphatic heterocycles. The third-order valence-electron chi connectivity index (χ3n) is 5.40. The molecular weight excluding hydrogens is 326 g/mol. The summed E-state index contributed by atoms with van der Waals surface area (Å²) < 4.78 is 0. The predicted molar refractivity (Wildman–Crippen MR) is 103 cm³/mol. The zero-order valence-electron chi connectivity index (χ0n) is 16.0. The van der Waals surface area contributed by atoms with Crippen LogP contribution in [0.1, 0.15) is 49.0 Å². The molecule has 2 unspecified atom stereocenters. The van der Waals surface area contributed by atoms with Gasteiger partial charge in [0.15, 0.2) is 0 Å². The fourth-order valence-electron chi connectivity index (χ4n) is 4.25. The number of hydrogen-bond donors (Lipinski definition) is 1. The summed E-state index contributed by atoms with van der Waals surface area (Å²) >= 11 is 0. The maximum atomic E-state index is 12.3. The number of carbonyl (C=O) groups is 2. The van der Waals surface area contributed by atoms with E-state index in [0.29, 0.717) is 24.9 Å². The van der Waals surface area contributed by atoms with Gasteiger partial charge in [0.25, 0.3) is 5.91 Å². The Labute approximate surface area is 156 Å². The van der Waals surface area contributed by atoms with Crippen molar-refractivity contribution in [3.05, 3.63) is 35.4 Å². The van der Waals surface area contributed by atoms with E-state index in [1.54, 1.807) is 0 Å². The molecule has 2 saturated heterocycles. The monoisotopic (exact) mass is 357 g/mol. The van der Waals surface area contributed by atoms with E-state index in [0.717, 1.165) is 50.1 Å². The van der Waals surface area contributed by atoms with Gasteiger partial charge in [0.1, 0.15) is 0 Å². The van der Waals surface area contributed by atoms with Gasteiger partial charge in [0.2, 0.25) is 5.91 Å². The maximum absolute atomic E-state index is 12.3. The first-order chi connectivity index (χ1) is 12.5. The van der Waals surface area contributed by atoms with E-state index in [2.05, 4.69) is 24.1 Å². The van der Waals surface area contributed by atoms with Crippen LogP contribution in [-0.4, -0.2) is 54.3 Å². The molecule has 0 spiro atoms. The normalized spacial score (nSPS) is 23.8. The number of amides is 2. The topological polar surface area (TPSA) is 52.7 Å². The Hall–Kier alpha value is -1.88. The quantitative estimate of drug-likeness (QED) is 0.881. The third-order valence-corrected chi connectivity index (χ3v) is 5.40. The fourth-order valence-corrected chi connectivity index (χ4v) is 4.25. The van der Waals surface area contributed by atoms with Crippen LogP contribution < -0.4 is 5.32 Å². The van der Waals surface area contributed by atoms with Gasteiger partial charge < -0.3 is 10.2 Å². The van der Waals surface area contributed by atoms with Crippen LogP contribution in [0, 0.1) is 11.8 Å². The molecule has 142 valence electrons. The van der Waals surface area contributed by atoms with Crippen molar-refractivity contribution in [1.29, 1.82) is 0 Å². The summed E-state index contributed by atoms with van der Waals surface area (Å²) in [5, 5.41) is 3.00. The van der Waals surface area contributed by atoms with Crippen LogP contribution in [0.15, 0.2) is 24.3 Å². The standard InChI is InChI=1S/C21H31N3O2/c1-16-11-17(2)14-23(13-16)15-20(25)22-12-18-5-7-19(8-6-18)21(26)24-9-3-4-10-24/h5-8,16-17H,3-4,9-15H2,1-2H3,(H,22,25). The van der Waals surface area contributed by atoms with Crippen molar-refractivity contribution in [2.45, 2.75) is 39.7 Å². The lowest BCUT2D eigenvalue weighted by Gasteiger charge is -2.34. The zero-order valence-corrected chi connectivity index (χ0v) is 16.0. The Morgan fingerprint density at radius 1 is 1.04 bits per heavy atom. The molecule has 2 fully saturated rings. The number of hydrogen-bond acceptors (Lipinski definition) is 3. The minimum absolute atomic E-state index is 0.0727. The fraction of sp³-hybridized carbons (Fsp3) is 0.619. The number of nitrogens with zero attached hydrogens (tertiary/aromatic N) is 2. The number of benzene rings is 1. The minimum Gasteiger partial charge on any atom is -0.351 e. The summed E-state index contributed by atoms with van der Waals surface area (Å²) in [7, 11) is 0. The summed E-state index contributed by atoms with van der Waals surface area (Å²) in [6.07, 6.45) is 3.45. The lowest BCUT2D eigenvalue weighted by molar-refractivity contribution is -0.123. The second kappa shape index (κ2) is 8.67. The SMILES string of the molecule is CC1CC(C)CN(CC(=O)NCc2ccc(C(=O)N3CCCC3)cc2)C1. The molecule has 0 saturated carbocycles. The molecule has 5 heteroatoms. The second-order valence-electron chi connectivity index (χ2n) is 8.11. The smallest absolute Gasteiger partial charge is 0.253 e. The van der Waals surface area contributed by atoms with Crippen molar-refractivity contribution in [2.24, 2.45) is 11.8 Å². The molecular formula is C21H31N3O2. The molecule has 2 atom stereocenters. The van der Waals surface area contributed by atoms with Gasteiger partial charge in [-0.2, -0.15) is 0 Å². The zero-order chi connectivity index (χ0) is 18.5. The highest BCUT2D eigenvalue weighted by Gasteiger charge is 2.23. The van der Waals surface area contributed by atoms with E-state index in [4.69, 9.17) is 0 Å². The number of rotatable bonds is 5. The van der Waals surface area contributed by atoms with Crippen molar-refractivity contribution in [1.82, 2.24) is 15.1 Å². The van der Waals surface area contributed by atoms with Crippen LogP contribution in [0.3, 0.4) is 0 Å². The van der Waals surface area contributed by atoms with Crippen LogP contribution in [0.2, 0.25) is 0 Å². The molecule has 1 N–H and O–H groups in total. The Kier molecular flexibility index (Phi) is 6.30. The molecule has 2 heterocycles. The van der Waals surface area contributed by atoms with E-state index in [9.17, 15) is 9.59 Å². The first-order valence-electron chi connectivity index (χ1n) is 9.88. The first-order valence-corrected chi connectivity index (χ1v) is 9.88. The molecule has 5 nitrogen and oxygen atoms in total. The van der Waals surface area contributed by atoms with Gasteiger partial charge >= 0.3 is 0 Å². The number of carbonyl (C=O) groups excluding carboxylic acids is 2. The summed E-state index contributed by atoms with van der Waals surface area (Å²) in [5.41, 5.74) is 1.76. The lowest BCUT2D eigenvalue weighted by Crippen LogP contribution is -2.44. The highest BCUT2D eigenvalue weighted by Crippen LogP contribution is 2.20. The maximum Gasteiger partial charge on any atom is 0.253 e. The van der Waals surface area contributed by atoms with E-state index in [1.165, 1.54) is 6.42 Å². The van der Waals surface area contributed by atoms with Crippen molar-refractivity contribution in [3.63, 3.8) is 0 Å². The van der Waals surface area contributed by atoms with Crippen LogP contribution in [0.5, 0.6) is 0 Å². The summed E-state index contributed by atoms with van der Waals surface area (Å²) in [6.45, 7) is 9.23. The van der Waals surface area contributed by atoms with Crippen LogP contribution in [0.25, 0.3) is 0 Å². The van der Waals surface area contributed by atoms with Gasteiger partial charge in [0, 0.05) is 38.3 Å². The molecule has 0 radical (unpaired) electrons. The number of piperidine rings is 1. The van der Waals surface area contributed by atoms with Crippen LogP contribution in [-0.2, 0) is 11.3 Å². The molecule has 2 aliphatic rings. The molecule has 2 amide bonds. The van der Waals surface area contributed by atoms with Crippen molar-refractivity contribution >= 4 is 11.8 Å². The predicted octanol–water partition coefficient (Wildman–Crippen LogP) is 2.52. The van der Waals surface area contributed by atoms with Crippen molar-refractivity contribution in [3.8, 4) is 0 Å². The molecule has 0 aromatic heterocycles. The Morgan fingerprint density at radius 2 is 1.65 bits per heavy atom. The van der Waals surface area contributed by atoms with Gasteiger partial charge in [0.05, 0.1) is 6.54 Å². The molecule has 3 rings (SSSR count). The molecule has 0 bridgehead atoms. The molecule has 26 heavy (non-hydrogen) atoms. The van der Waals surface area contributed by atoms with Crippen molar-refractivity contribution < 1.29 is 9.59 Å². The highest BCUT2D eigenvalue weighted by molar-refractivity contribution is 5.94. The average Bonchev–Trinajstić information content (AvgIpc) is 3.13. The largest absolute Gasteiger partial charge is 0.351 e. The van der Waals surface area contributed by atoms with E-state index < -0.39 is 0 Å². The van der Waals surface area contributed by atoms with E-state index in [1.807, 2.05) is 29.2 Å².